The van der Waals surface area contributed by atoms with Crippen LogP contribution in [0.25, 0.3) is 21.8 Å². The van der Waals surface area contributed by atoms with Gasteiger partial charge < -0.3 is 4.98 Å². The number of H-pyrrole nitrogens is 1. The maximum absolute atomic E-state index is 4.05. The van der Waals surface area contributed by atoms with Gasteiger partial charge in [0.05, 0.1) is 17.2 Å². The van der Waals surface area contributed by atoms with E-state index < -0.39 is 0 Å². The molecular weight excluding hydrogens is 162 g/mol. The van der Waals surface area contributed by atoms with Gasteiger partial charge in [0, 0.05) is 11.6 Å². The smallest absolute Gasteiger partial charge is 0.174 e. The largest absolute Gasteiger partial charge is 0.335 e. The lowest BCUT2D eigenvalue weighted by Crippen LogP contribution is -1.77. The fraction of sp³-hybridized carbons (Fsp3) is 0. The van der Waals surface area contributed by atoms with Crippen molar-refractivity contribution in [3.63, 3.8) is 0 Å². The van der Waals surface area contributed by atoms with Gasteiger partial charge >= 0.3 is 0 Å². The standard InChI is InChI=1S/C10H5N3/c1-2-9-10(13-6-12-9)8-5-11-4-3-7(1)8/h1-3,5H,(H,12,13). The number of aromatic nitrogens is 3. The summed E-state index contributed by atoms with van der Waals surface area (Å²) in [5, 5.41) is 2.17. The molecule has 0 fully saturated rings. The third-order valence-electron chi connectivity index (χ3n) is 2.10. The number of aromatic amines is 1. The molecule has 0 aliphatic heterocycles. The van der Waals surface area contributed by atoms with Crippen LogP contribution >= 0.6 is 0 Å². The Morgan fingerprint density at radius 3 is 3.31 bits per heavy atom. The summed E-state index contributed by atoms with van der Waals surface area (Å²) in [6.45, 7) is 0. The van der Waals surface area contributed by atoms with Gasteiger partial charge in [-0.05, 0) is 17.5 Å². The van der Waals surface area contributed by atoms with Gasteiger partial charge in [0.15, 0.2) is 6.33 Å². The topological polar surface area (TPSA) is 41.6 Å². The molecule has 0 aliphatic carbocycles. The van der Waals surface area contributed by atoms with Crippen LogP contribution in [0.2, 0.25) is 0 Å². The van der Waals surface area contributed by atoms with Crippen molar-refractivity contribution >= 4 is 21.8 Å². The summed E-state index contributed by atoms with van der Waals surface area (Å²) in [7, 11) is 0. The quantitative estimate of drug-likeness (QED) is 0.553. The molecule has 0 atom stereocenters. The van der Waals surface area contributed by atoms with E-state index in [4.69, 9.17) is 0 Å². The number of benzene rings is 1. The first kappa shape index (κ1) is 6.60. The average Bonchev–Trinajstić information content (AvgIpc) is 2.65. The fourth-order valence-electron chi connectivity index (χ4n) is 1.47. The predicted octanol–water partition coefficient (Wildman–Crippen LogP) is 1.71. The van der Waals surface area contributed by atoms with Gasteiger partial charge in [-0.3, -0.25) is 4.98 Å². The highest BCUT2D eigenvalue weighted by atomic mass is 14.9. The first-order valence-electron chi connectivity index (χ1n) is 3.96. The summed E-state index contributed by atoms with van der Waals surface area (Å²) in [5.41, 5.74) is 1.90. The van der Waals surface area contributed by atoms with Crippen LogP contribution in [0.15, 0.2) is 24.4 Å². The van der Waals surface area contributed by atoms with Crippen LogP contribution in [0.3, 0.4) is 0 Å². The van der Waals surface area contributed by atoms with Gasteiger partial charge in [0.1, 0.15) is 0 Å². The van der Waals surface area contributed by atoms with Crippen LogP contribution in [0.1, 0.15) is 0 Å². The molecule has 3 heteroatoms. The van der Waals surface area contributed by atoms with E-state index in [-0.39, 0.29) is 0 Å². The Morgan fingerprint density at radius 2 is 2.31 bits per heavy atom. The number of nitrogens with zero attached hydrogens (tertiary/aromatic N) is 2. The Morgan fingerprint density at radius 1 is 1.31 bits per heavy atom. The zero-order valence-electron chi connectivity index (χ0n) is 6.70. The second-order valence-electron chi connectivity index (χ2n) is 2.84. The number of hydrogen-bond acceptors (Lipinski definition) is 2. The average molecular weight is 167 g/mol. The third-order valence-corrected chi connectivity index (χ3v) is 2.10. The Balaban J connectivity index is 2.65. The maximum atomic E-state index is 4.05. The highest BCUT2D eigenvalue weighted by Gasteiger charge is 2.01. The lowest BCUT2D eigenvalue weighted by atomic mass is 10.1. The number of rotatable bonds is 0. The van der Waals surface area contributed by atoms with Crippen molar-refractivity contribution in [3.8, 4) is 0 Å². The highest BCUT2D eigenvalue weighted by Crippen LogP contribution is 2.20. The minimum Gasteiger partial charge on any atom is -0.335 e. The summed E-state index contributed by atoms with van der Waals surface area (Å²) < 4.78 is 0. The molecule has 3 aromatic rings. The van der Waals surface area contributed by atoms with E-state index in [0.717, 1.165) is 21.8 Å². The van der Waals surface area contributed by atoms with Crippen LogP contribution in [0, 0.1) is 12.5 Å². The Kier molecular flexibility index (Phi) is 1.16. The van der Waals surface area contributed by atoms with E-state index in [2.05, 4.69) is 27.5 Å². The van der Waals surface area contributed by atoms with Gasteiger partial charge in [-0.1, -0.05) is 6.07 Å². The van der Waals surface area contributed by atoms with Crippen molar-refractivity contribution in [2.24, 2.45) is 0 Å². The number of fused-ring (bicyclic) bond motifs is 3. The summed E-state index contributed by atoms with van der Waals surface area (Å²) >= 11 is 0. The molecule has 1 aromatic carbocycles. The number of nitrogens with one attached hydrogen (secondary N) is 1. The van der Waals surface area contributed by atoms with Gasteiger partial charge in [-0.2, -0.15) is 0 Å². The van der Waals surface area contributed by atoms with Crippen molar-refractivity contribution in [2.45, 2.75) is 0 Å². The van der Waals surface area contributed by atoms with Crippen molar-refractivity contribution in [2.75, 3.05) is 0 Å². The molecule has 60 valence electrons. The maximum Gasteiger partial charge on any atom is 0.174 e. The summed E-state index contributed by atoms with van der Waals surface area (Å²) in [4.78, 5) is 11.0. The van der Waals surface area contributed by atoms with Crippen LogP contribution in [0.5, 0.6) is 0 Å². The number of pyridine rings is 1. The molecule has 1 N–H and O–H groups in total. The van der Waals surface area contributed by atoms with E-state index in [0.29, 0.717) is 0 Å². The van der Waals surface area contributed by atoms with Crippen LogP contribution in [0.4, 0.5) is 0 Å². The summed E-state index contributed by atoms with van der Waals surface area (Å²) in [6, 6.07) is 5.82. The molecule has 0 spiro atoms. The fourth-order valence-corrected chi connectivity index (χ4v) is 1.47. The van der Waals surface area contributed by atoms with Crippen molar-refractivity contribution < 1.29 is 0 Å². The molecule has 3 nitrogen and oxygen atoms in total. The molecule has 0 unspecified atom stereocenters. The minimum atomic E-state index is 0.917. The predicted molar refractivity (Wildman–Crippen MR) is 49.1 cm³/mol. The lowest BCUT2D eigenvalue weighted by Gasteiger charge is -1.95. The molecule has 0 bridgehead atoms. The molecule has 0 saturated heterocycles. The summed E-state index contributed by atoms with van der Waals surface area (Å²) in [6.07, 6.45) is 7.30. The molecule has 0 saturated carbocycles. The van der Waals surface area contributed by atoms with E-state index in [1.54, 1.807) is 6.20 Å². The molecule has 3 rings (SSSR count). The molecule has 0 amide bonds. The Labute approximate surface area is 74.4 Å². The lowest BCUT2D eigenvalue weighted by molar-refractivity contribution is 1.32. The Hall–Kier alpha value is -1.90. The molecule has 13 heavy (non-hydrogen) atoms. The van der Waals surface area contributed by atoms with Crippen LogP contribution in [-0.4, -0.2) is 15.0 Å². The third kappa shape index (κ3) is 0.839. The van der Waals surface area contributed by atoms with Gasteiger partial charge in [0.25, 0.3) is 0 Å². The molecule has 2 heterocycles. The second kappa shape index (κ2) is 2.29. The van der Waals surface area contributed by atoms with Crippen molar-refractivity contribution in [3.05, 3.63) is 36.9 Å². The monoisotopic (exact) mass is 167 g/mol. The molecule has 2 aromatic heterocycles. The zero-order valence-corrected chi connectivity index (χ0v) is 6.70. The zero-order chi connectivity index (χ0) is 8.67. The second-order valence-corrected chi connectivity index (χ2v) is 2.84. The van der Waals surface area contributed by atoms with Crippen LogP contribution < -0.4 is 0 Å². The minimum absolute atomic E-state index is 0.917. The Bertz CT molecular complexity index is 568. The summed E-state index contributed by atoms with van der Waals surface area (Å²) in [5.74, 6) is 0. The molecular formula is C10H5N3. The highest BCUT2D eigenvalue weighted by molar-refractivity contribution is 6.03. The van der Waals surface area contributed by atoms with E-state index in [1.807, 2.05) is 18.2 Å². The van der Waals surface area contributed by atoms with E-state index in [9.17, 15) is 0 Å². The van der Waals surface area contributed by atoms with Gasteiger partial charge in [-0.15, -0.1) is 0 Å². The van der Waals surface area contributed by atoms with E-state index in [1.165, 1.54) is 0 Å². The number of hydrogen-bond donors (Lipinski definition) is 1. The van der Waals surface area contributed by atoms with Crippen molar-refractivity contribution in [1.82, 2.24) is 15.0 Å². The molecule has 2 radical (unpaired) electrons. The first-order valence-corrected chi connectivity index (χ1v) is 3.96. The van der Waals surface area contributed by atoms with E-state index >= 15 is 0 Å². The first-order chi connectivity index (χ1) is 6.45. The van der Waals surface area contributed by atoms with Gasteiger partial charge in [-0.25, -0.2) is 4.98 Å². The van der Waals surface area contributed by atoms with Gasteiger partial charge in [0.2, 0.25) is 0 Å². The molecule has 0 aliphatic rings. The normalized spacial score (nSPS) is 11.1. The van der Waals surface area contributed by atoms with Crippen molar-refractivity contribution in [1.29, 1.82) is 0 Å². The SMILES string of the molecule is [c]1cc2ccc3n[c][nH]c3c2cn1. The van der Waals surface area contributed by atoms with Crippen LogP contribution in [-0.2, 0) is 0 Å². The number of imidazole rings is 1.